The topological polar surface area (TPSA) is 57.6 Å². The molecule has 1 aromatic rings. The van der Waals surface area contributed by atoms with Crippen LogP contribution in [0, 0.1) is 0 Å². The van der Waals surface area contributed by atoms with Crippen molar-refractivity contribution in [3.8, 4) is 0 Å². The van der Waals surface area contributed by atoms with E-state index >= 15 is 0 Å². The number of nitrogens with zero attached hydrogens (tertiary/aromatic N) is 3. The van der Waals surface area contributed by atoms with Gasteiger partial charge in [-0.2, -0.15) is 0 Å². The van der Waals surface area contributed by atoms with Crippen LogP contribution in [0.25, 0.3) is 0 Å². The molecule has 0 unspecified atom stereocenters. The maximum absolute atomic E-state index is 13.3. The van der Waals surface area contributed by atoms with Crippen LogP contribution >= 0.6 is 0 Å². The smallest absolute Gasteiger partial charge is 0.254 e. The van der Waals surface area contributed by atoms with Crippen LogP contribution in [-0.4, -0.2) is 34.6 Å². The Morgan fingerprint density at radius 3 is 2.69 bits per heavy atom. The van der Waals surface area contributed by atoms with Crippen molar-refractivity contribution in [3.05, 3.63) is 52.1 Å². The van der Waals surface area contributed by atoms with Crippen molar-refractivity contribution in [1.29, 1.82) is 0 Å². The van der Waals surface area contributed by atoms with E-state index in [-0.39, 0.29) is 11.4 Å². The van der Waals surface area contributed by atoms with Crippen LogP contribution in [0.5, 0.6) is 0 Å². The highest BCUT2D eigenvalue weighted by atomic mass is 16.2. The lowest BCUT2D eigenvalue weighted by molar-refractivity contribution is -0.127. The molecule has 1 amide bonds. The highest BCUT2D eigenvalue weighted by Crippen LogP contribution is 2.36. The minimum absolute atomic E-state index is 0.0564. The van der Waals surface area contributed by atoms with Gasteiger partial charge in [-0.25, -0.2) is 4.99 Å². The second-order valence-corrected chi connectivity index (χ2v) is 7.78. The zero-order chi connectivity index (χ0) is 18.9. The van der Waals surface area contributed by atoms with E-state index in [1.54, 1.807) is 0 Å². The van der Waals surface area contributed by atoms with Gasteiger partial charge in [0.1, 0.15) is 5.82 Å². The molecule has 0 atom stereocenters. The Kier molecular flexibility index (Phi) is 4.99. The highest BCUT2D eigenvalue weighted by molar-refractivity contribution is 5.98. The van der Waals surface area contributed by atoms with E-state index < -0.39 is 0 Å². The maximum atomic E-state index is 13.3. The summed E-state index contributed by atoms with van der Waals surface area (Å²) in [6.07, 6.45) is 4.85. The number of hydrogen-bond donors (Lipinski definition) is 1. The van der Waals surface area contributed by atoms with Crippen molar-refractivity contribution in [2.24, 2.45) is 4.99 Å². The molecular formula is C21H28N4O. The lowest BCUT2D eigenvalue weighted by Gasteiger charge is -2.30. The number of aromatic nitrogens is 1. The van der Waals surface area contributed by atoms with Gasteiger partial charge in [0, 0.05) is 48.1 Å². The molecular weight excluding hydrogens is 324 g/mol. The summed E-state index contributed by atoms with van der Waals surface area (Å²) in [4.78, 5) is 23.8. The van der Waals surface area contributed by atoms with Gasteiger partial charge in [-0.3, -0.25) is 9.78 Å². The summed E-state index contributed by atoms with van der Waals surface area (Å²) in [6, 6.07) is 3.98. The third kappa shape index (κ3) is 3.71. The Morgan fingerprint density at radius 2 is 2.08 bits per heavy atom. The Bertz CT molecular complexity index is 798. The lowest BCUT2D eigenvalue weighted by atomic mass is 9.98. The number of allylic oxidation sites excluding steroid dienone is 1. The molecule has 1 aliphatic carbocycles. The van der Waals surface area contributed by atoms with E-state index in [1.165, 1.54) is 0 Å². The summed E-state index contributed by atoms with van der Waals surface area (Å²) in [6.45, 7) is 13.1. The molecule has 0 aromatic carbocycles. The first kappa shape index (κ1) is 18.4. The predicted molar refractivity (Wildman–Crippen MR) is 105 cm³/mol. The molecule has 1 saturated carbocycles. The number of amides is 1. The molecule has 0 saturated heterocycles. The Balaban J connectivity index is 1.87. The van der Waals surface area contributed by atoms with Gasteiger partial charge in [-0.05, 0) is 58.9 Å². The fourth-order valence-corrected chi connectivity index (χ4v) is 3.42. The maximum Gasteiger partial charge on any atom is 0.254 e. The van der Waals surface area contributed by atoms with Gasteiger partial charge < -0.3 is 10.2 Å². The van der Waals surface area contributed by atoms with Gasteiger partial charge in [-0.1, -0.05) is 11.6 Å². The molecule has 1 aliphatic heterocycles. The highest BCUT2D eigenvalue weighted by Gasteiger charge is 2.38. The average molecular weight is 352 g/mol. The average Bonchev–Trinajstić information content (AvgIpc) is 3.36. The minimum Gasteiger partial charge on any atom is -0.365 e. The normalized spacial score (nSPS) is 18.4. The second kappa shape index (κ2) is 7.06. The number of aliphatic imine (C=N–C) groups is 1. The third-order valence-corrected chi connectivity index (χ3v) is 5.27. The first-order valence-corrected chi connectivity index (χ1v) is 9.20. The molecule has 1 aromatic heterocycles. The van der Waals surface area contributed by atoms with Gasteiger partial charge in [0.05, 0.1) is 0 Å². The molecule has 1 N–H and O–H groups in total. The van der Waals surface area contributed by atoms with Crippen molar-refractivity contribution >= 4 is 12.6 Å². The van der Waals surface area contributed by atoms with Crippen molar-refractivity contribution in [3.63, 3.8) is 0 Å². The number of rotatable bonds is 5. The Hall–Kier alpha value is -2.43. The van der Waals surface area contributed by atoms with Crippen molar-refractivity contribution in [1.82, 2.24) is 15.2 Å². The van der Waals surface area contributed by atoms with E-state index in [0.29, 0.717) is 18.9 Å². The molecule has 0 spiro atoms. The summed E-state index contributed by atoms with van der Waals surface area (Å²) >= 11 is 0. The summed E-state index contributed by atoms with van der Waals surface area (Å²) < 4.78 is 0. The predicted octanol–water partition coefficient (Wildman–Crippen LogP) is 3.38. The SMILES string of the molecule is C=N/C(NC1(C)CC1)=C(\C)C(C(=O)N1CCc2ncccc2C1)=C(C)C. The quantitative estimate of drug-likeness (QED) is 0.502. The van der Waals surface area contributed by atoms with E-state index in [1.807, 2.05) is 37.9 Å². The molecule has 1 fully saturated rings. The third-order valence-electron chi connectivity index (χ3n) is 5.27. The van der Waals surface area contributed by atoms with E-state index in [0.717, 1.165) is 47.2 Å². The van der Waals surface area contributed by atoms with Gasteiger partial charge >= 0.3 is 0 Å². The summed E-state index contributed by atoms with van der Waals surface area (Å²) in [5, 5.41) is 3.46. The minimum atomic E-state index is 0.0564. The number of pyridine rings is 1. The van der Waals surface area contributed by atoms with Crippen LogP contribution < -0.4 is 5.32 Å². The van der Waals surface area contributed by atoms with Crippen LogP contribution in [0.15, 0.2) is 45.9 Å². The summed E-state index contributed by atoms with van der Waals surface area (Å²) in [7, 11) is 0. The van der Waals surface area contributed by atoms with E-state index in [9.17, 15) is 4.79 Å². The lowest BCUT2D eigenvalue weighted by Crippen LogP contribution is -2.38. The number of fused-ring (bicyclic) bond motifs is 1. The molecule has 3 rings (SSSR count). The Morgan fingerprint density at radius 1 is 1.35 bits per heavy atom. The zero-order valence-electron chi connectivity index (χ0n) is 16.2. The summed E-state index contributed by atoms with van der Waals surface area (Å²) in [5.74, 6) is 0.773. The van der Waals surface area contributed by atoms with Crippen LogP contribution in [0.2, 0.25) is 0 Å². The zero-order valence-corrected chi connectivity index (χ0v) is 16.2. The molecule has 2 heterocycles. The fourth-order valence-electron chi connectivity index (χ4n) is 3.42. The van der Waals surface area contributed by atoms with Gasteiger partial charge in [0.25, 0.3) is 5.91 Å². The van der Waals surface area contributed by atoms with E-state index in [4.69, 9.17) is 0 Å². The molecule has 26 heavy (non-hydrogen) atoms. The van der Waals surface area contributed by atoms with Crippen LogP contribution in [0.3, 0.4) is 0 Å². The first-order valence-electron chi connectivity index (χ1n) is 9.20. The van der Waals surface area contributed by atoms with Crippen molar-refractivity contribution < 1.29 is 4.79 Å². The van der Waals surface area contributed by atoms with Crippen LogP contribution in [0.1, 0.15) is 51.8 Å². The van der Waals surface area contributed by atoms with Crippen LogP contribution in [0.4, 0.5) is 0 Å². The molecule has 0 bridgehead atoms. The van der Waals surface area contributed by atoms with E-state index in [2.05, 4.69) is 35.0 Å². The van der Waals surface area contributed by atoms with Gasteiger partial charge in [0.15, 0.2) is 0 Å². The second-order valence-electron chi connectivity index (χ2n) is 7.78. The molecule has 5 nitrogen and oxygen atoms in total. The first-order chi connectivity index (χ1) is 12.3. The van der Waals surface area contributed by atoms with Crippen molar-refractivity contribution in [2.45, 2.75) is 59.0 Å². The fraction of sp³-hybridized carbons (Fsp3) is 0.476. The molecule has 2 aliphatic rings. The van der Waals surface area contributed by atoms with Crippen LogP contribution in [-0.2, 0) is 17.8 Å². The molecule has 138 valence electrons. The standard InChI is InChI=1S/C21H28N4O/c1-14(2)18(15(3)19(22-5)24-21(4)9-10-21)20(26)25-12-8-17-16(13-25)7-6-11-23-17/h6-7,11,24H,5,8-10,12-13H2,1-4H3/b19-15-. The number of hydrogen-bond acceptors (Lipinski definition) is 4. The number of carbonyl (C=O) groups is 1. The van der Waals surface area contributed by atoms with Gasteiger partial charge in [-0.15, -0.1) is 0 Å². The summed E-state index contributed by atoms with van der Waals surface area (Å²) in [5.41, 5.74) is 4.91. The number of nitrogens with one attached hydrogen (secondary N) is 1. The monoisotopic (exact) mass is 352 g/mol. The number of carbonyl (C=O) groups excluding carboxylic acids is 1. The Labute approximate surface area is 155 Å². The molecule has 5 heteroatoms. The van der Waals surface area contributed by atoms with Gasteiger partial charge in [0.2, 0.25) is 0 Å². The molecule has 0 radical (unpaired) electrons. The van der Waals surface area contributed by atoms with Crippen molar-refractivity contribution in [2.75, 3.05) is 6.54 Å². The largest absolute Gasteiger partial charge is 0.365 e.